The number of aryl methyl sites for hydroxylation is 2. The fraction of sp³-hybridized carbons (Fsp3) is 0.733. The summed E-state index contributed by atoms with van der Waals surface area (Å²) in [5.74, 6) is 1.75. The average molecular weight is 278 g/mol. The minimum Gasteiger partial charge on any atom is -0.393 e. The van der Waals surface area contributed by atoms with Gasteiger partial charge in [0.2, 0.25) is 0 Å². The molecule has 20 heavy (non-hydrogen) atoms. The van der Waals surface area contributed by atoms with E-state index in [0.717, 1.165) is 25.7 Å². The molecule has 3 rings (SSSR count). The molecular formula is C15H22N2O3. The Kier molecular flexibility index (Phi) is 3.32. The number of rotatable bonds is 2. The van der Waals surface area contributed by atoms with Crippen molar-refractivity contribution in [3.63, 3.8) is 0 Å². The van der Waals surface area contributed by atoms with Gasteiger partial charge in [0.25, 0.3) is 5.91 Å². The van der Waals surface area contributed by atoms with Gasteiger partial charge in [0, 0.05) is 13.1 Å². The van der Waals surface area contributed by atoms with Crippen LogP contribution in [0.15, 0.2) is 4.52 Å². The largest absolute Gasteiger partial charge is 0.393 e. The van der Waals surface area contributed by atoms with Crippen LogP contribution in [-0.2, 0) is 0 Å². The molecule has 0 aromatic carbocycles. The van der Waals surface area contributed by atoms with Crippen LogP contribution in [0.25, 0.3) is 0 Å². The van der Waals surface area contributed by atoms with E-state index in [-0.39, 0.29) is 18.1 Å². The van der Waals surface area contributed by atoms with E-state index in [4.69, 9.17) is 4.52 Å². The highest BCUT2D eigenvalue weighted by Crippen LogP contribution is 2.45. The number of fused-ring (bicyclic) bond motifs is 1. The molecule has 2 fully saturated rings. The Balaban J connectivity index is 1.71. The lowest BCUT2D eigenvalue weighted by atomic mass is 10.0. The van der Waals surface area contributed by atoms with E-state index in [2.05, 4.69) is 5.16 Å². The normalized spacial score (nSPS) is 32.4. The van der Waals surface area contributed by atoms with Crippen molar-refractivity contribution in [1.82, 2.24) is 10.1 Å². The average Bonchev–Trinajstić information content (AvgIpc) is 3.01. The van der Waals surface area contributed by atoms with E-state index < -0.39 is 0 Å². The first-order valence-electron chi connectivity index (χ1n) is 7.35. The highest BCUT2D eigenvalue weighted by atomic mass is 16.5. The summed E-state index contributed by atoms with van der Waals surface area (Å²) in [6.07, 6.45) is 3.68. The van der Waals surface area contributed by atoms with Gasteiger partial charge in [-0.15, -0.1) is 0 Å². The van der Waals surface area contributed by atoms with E-state index in [1.54, 1.807) is 13.8 Å². The lowest BCUT2D eigenvalue weighted by Crippen LogP contribution is -2.36. The van der Waals surface area contributed by atoms with E-state index in [0.29, 0.717) is 28.9 Å². The number of carbonyl (C=O) groups is 1. The van der Waals surface area contributed by atoms with Crippen molar-refractivity contribution in [1.29, 1.82) is 0 Å². The summed E-state index contributed by atoms with van der Waals surface area (Å²) >= 11 is 0. The number of aliphatic hydroxyl groups excluding tert-OH is 1. The highest BCUT2D eigenvalue weighted by Gasteiger charge is 2.43. The van der Waals surface area contributed by atoms with Gasteiger partial charge >= 0.3 is 0 Å². The molecule has 0 spiro atoms. The molecule has 1 N–H and O–H groups in total. The quantitative estimate of drug-likeness (QED) is 0.897. The smallest absolute Gasteiger partial charge is 0.259 e. The monoisotopic (exact) mass is 278 g/mol. The summed E-state index contributed by atoms with van der Waals surface area (Å²) in [5.41, 5.74) is 1.26. The lowest BCUT2D eigenvalue weighted by molar-refractivity contribution is 0.0720. The molecule has 2 saturated carbocycles. The first kappa shape index (κ1) is 13.6. The summed E-state index contributed by atoms with van der Waals surface area (Å²) in [4.78, 5) is 14.4. The Labute approximate surface area is 118 Å². The van der Waals surface area contributed by atoms with Crippen LogP contribution in [0, 0.1) is 25.7 Å². The van der Waals surface area contributed by atoms with Crippen LogP contribution in [0.3, 0.4) is 0 Å². The van der Waals surface area contributed by atoms with Gasteiger partial charge in [-0.1, -0.05) is 5.16 Å². The first-order valence-corrected chi connectivity index (χ1v) is 7.35. The van der Waals surface area contributed by atoms with Crippen LogP contribution in [0.5, 0.6) is 0 Å². The standard InChI is InChI=1S/C15H22N2O3/c1-8-14(9(2)20-16-8)15(19)17(3)12-4-10-6-13(18)7-11(10)5-12/h10-13,18H,4-7H2,1-3H3/t10-,11+,12?,13?. The third kappa shape index (κ3) is 2.14. The van der Waals surface area contributed by atoms with Crippen molar-refractivity contribution in [2.75, 3.05) is 7.05 Å². The van der Waals surface area contributed by atoms with Gasteiger partial charge < -0.3 is 14.5 Å². The minimum atomic E-state index is -0.130. The zero-order chi connectivity index (χ0) is 14.4. The summed E-state index contributed by atoms with van der Waals surface area (Å²) in [7, 11) is 1.87. The topological polar surface area (TPSA) is 66.6 Å². The van der Waals surface area contributed by atoms with Crippen LogP contribution < -0.4 is 0 Å². The Morgan fingerprint density at radius 3 is 2.35 bits per heavy atom. The summed E-state index contributed by atoms with van der Waals surface area (Å²) < 4.78 is 5.09. The maximum absolute atomic E-state index is 12.6. The predicted molar refractivity (Wildman–Crippen MR) is 73.3 cm³/mol. The van der Waals surface area contributed by atoms with Gasteiger partial charge in [-0.25, -0.2) is 0 Å². The van der Waals surface area contributed by atoms with Crippen LogP contribution in [-0.4, -0.2) is 40.3 Å². The molecule has 0 aliphatic heterocycles. The fourth-order valence-electron chi connectivity index (χ4n) is 4.00. The summed E-state index contributed by atoms with van der Waals surface area (Å²) in [6, 6.07) is 0.277. The van der Waals surface area contributed by atoms with Crippen molar-refractivity contribution in [3.8, 4) is 0 Å². The van der Waals surface area contributed by atoms with Gasteiger partial charge in [-0.3, -0.25) is 4.79 Å². The molecule has 0 saturated heterocycles. The number of aliphatic hydroxyl groups is 1. The molecule has 2 unspecified atom stereocenters. The van der Waals surface area contributed by atoms with E-state index in [9.17, 15) is 9.90 Å². The Hall–Kier alpha value is -1.36. The molecule has 2 aliphatic carbocycles. The van der Waals surface area contributed by atoms with Gasteiger partial charge in [0.05, 0.1) is 11.8 Å². The number of hydrogen-bond donors (Lipinski definition) is 1. The molecule has 2 aliphatic rings. The summed E-state index contributed by atoms with van der Waals surface area (Å²) in [6.45, 7) is 3.58. The maximum Gasteiger partial charge on any atom is 0.259 e. The molecule has 5 heteroatoms. The predicted octanol–water partition coefficient (Wildman–Crippen LogP) is 1.91. The number of hydrogen-bond acceptors (Lipinski definition) is 4. The van der Waals surface area contributed by atoms with Gasteiger partial charge in [0.15, 0.2) is 0 Å². The first-order chi connectivity index (χ1) is 9.47. The van der Waals surface area contributed by atoms with Crippen LogP contribution in [0.2, 0.25) is 0 Å². The Morgan fingerprint density at radius 1 is 1.25 bits per heavy atom. The lowest BCUT2D eigenvalue weighted by Gasteiger charge is -2.25. The maximum atomic E-state index is 12.6. The third-order valence-corrected chi connectivity index (χ3v) is 5.08. The van der Waals surface area contributed by atoms with Crippen molar-refractivity contribution in [2.24, 2.45) is 11.8 Å². The molecule has 5 nitrogen and oxygen atoms in total. The van der Waals surface area contributed by atoms with Crippen molar-refractivity contribution >= 4 is 5.91 Å². The molecule has 4 atom stereocenters. The van der Waals surface area contributed by atoms with E-state index in [1.807, 2.05) is 11.9 Å². The highest BCUT2D eigenvalue weighted by molar-refractivity contribution is 5.96. The SMILES string of the molecule is Cc1noc(C)c1C(=O)N(C)C1C[C@H]2CC(O)C[C@H]2C1. The van der Waals surface area contributed by atoms with Crippen molar-refractivity contribution < 1.29 is 14.4 Å². The van der Waals surface area contributed by atoms with Gasteiger partial charge in [-0.2, -0.15) is 0 Å². The number of nitrogens with zero attached hydrogens (tertiary/aromatic N) is 2. The molecule has 0 bridgehead atoms. The molecule has 1 heterocycles. The molecule has 110 valence electrons. The van der Waals surface area contributed by atoms with Gasteiger partial charge in [0.1, 0.15) is 11.3 Å². The second kappa shape index (κ2) is 4.88. The van der Waals surface area contributed by atoms with E-state index >= 15 is 0 Å². The molecule has 1 aromatic rings. The fourth-order valence-corrected chi connectivity index (χ4v) is 4.00. The van der Waals surface area contributed by atoms with Crippen molar-refractivity contribution in [2.45, 2.75) is 51.7 Å². The number of carbonyl (C=O) groups excluding carboxylic acids is 1. The molecule has 1 aromatic heterocycles. The van der Waals surface area contributed by atoms with E-state index in [1.165, 1.54) is 0 Å². The number of aromatic nitrogens is 1. The third-order valence-electron chi connectivity index (χ3n) is 5.08. The van der Waals surface area contributed by atoms with Crippen LogP contribution in [0.1, 0.15) is 47.5 Å². The second-order valence-electron chi connectivity index (χ2n) is 6.39. The molecule has 1 amide bonds. The Morgan fingerprint density at radius 2 is 1.85 bits per heavy atom. The second-order valence-corrected chi connectivity index (χ2v) is 6.39. The summed E-state index contributed by atoms with van der Waals surface area (Å²) in [5, 5.41) is 13.5. The molecule has 0 radical (unpaired) electrons. The number of amides is 1. The Bertz CT molecular complexity index is 492. The zero-order valence-corrected chi connectivity index (χ0v) is 12.3. The van der Waals surface area contributed by atoms with Crippen LogP contribution in [0.4, 0.5) is 0 Å². The van der Waals surface area contributed by atoms with Crippen molar-refractivity contribution in [3.05, 3.63) is 17.0 Å². The molecular weight excluding hydrogens is 256 g/mol. The van der Waals surface area contributed by atoms with Crippen LogP contribution >= 0.6 is 0 Å². The minimum absolute atomic E-state index is 0.00627. The van der Waals surface area contributed by atoms with Gasteiger partial charge in [-0.05, 0) is 51.4 Å². The zero-order valence-electron chi connectivity index (χ0n) is 12.3.